The van der Waals surface area contributed by atoms with Crippen LogP contribution in [0, 0.1) is 18.8 Å². The zero-order valence-electron chi connectivity index (χ0n) is 14.5. The molecule has 1 fully saturated rings. The highest BCUT2D eigenvalue weighted by Crippen LogP contribution is 2.45. The lowest BCUT2D eigenvalue weighted by atomic mass is 9.63. The van der Waals surface area contributed by atoms with E-state index in [4.69, 9.17) is 4.74 Å². The molecule has 0 radical (unpaired) electrons. The van der Waals surface area contributed by atoms with Gasteiger partial charge < -0.3 is 10.1 Å². The van der Waals surface area contributed by atoms with E-state index in [1.54, 1.807) is 7.11 Å². The van der Waals surface area contributed by atoms with Crippen LogP contribution in [0.5, 0.6) is 5.75 Å². The highest BCUT2D eigenvalue weighted by molar-refractivity contribution is 5.42. The number of hydrogen-bond acceptors (Lipinski definition) is 2. The van der Waals surface area contributed by atoms with Crippen LogP contribution in [-0.2, 0) is 5.41 Å². The molecule has 3 unspecified atom stereocenters. The predicted octanol–water partition coefficient (Wildman–Crippen LogP) is 4.31. The Kier molecular flexibility index (Phi) is 4.98. The van der Waals surface area contributed by atoms with Crippen LogP contribution in [0.1, 0.15) is 51.2 Å². The Bertz CT molecular complexity index is 480. The summed E-state index contributed by atoms with van der Waals surface area (Å²) in [4.78, 5) is 0. The number of rotatable bonds is 4. The Morgan fingerprint density at radius 1 is 1.24 bits per heavy atom. The Hall–Kier alpha value is -1.02. The molecule has 0 aliphatic heterocycles. The summed E-state index contributed by atoms with van der Waals surface area (Å²) in [5, 5.41) is 3.57. The molecule has 1 aromatic carbocycles. The van der Waals surface area contributed by atoms with E-state index in [0.29, 0.717) is 12.0 Å². The summed E-state index contributed by atoms with van der Waals surface area (Å²) in [7, 11) is 3.89. The lowest BCUT2D eigenvalue weighted by Crippen LogP contribution is -2.47. The minimum atomic E-state index is 0.116. The van der Waals surface area contributed by atoms with Gasteiger partial charge in [0.2, 0.25) is 0 Å². The maximum absolute atomic E-state index is 5.65. The van der Waals surface area contributed by atoms with E-state index in [9.17, 15) is 0 Å². The molecule has 0 saturated heterocycles. The second kappa shape index (κ2) is 6.39. The van der Waals surface area contributed by atoms with Crippen molar-refractivity contribution in [2.45, 2.75) is 58.4 Å². The molecular weight excluding hydrogens is 258 g/mol. The fourth-order valence-corrected chi connectivity index (χ4v) is 4.09. The van der Waals surface area contributed by atoms with Crippen molar-refractivity contribution in [2.75, 3.05) is 14.2 Å². The van der Waals surface area contributed by atoms with Crippen LogP contribution in [0.2, 0.25) is 0 Å². The van der Waals surface area contributed by atoms with E-state index >= 15 is 0 Å². The number of aryl methyl sites for hydroxylation is 1. The van der Waals surface area contributed by atoms with E-state index in [0.717, 1.165) is 11.7 Å². The average molecular weight is 289 g/mol. The van der Waals surface area contributed by atoms with E-state index < -0.39 is 0 Å². The molecule has 2 rings (SSSR count). The van der Waals surface area contributed by atoms with Crippen LogP contribution in [-0.4, -0.2) is 20.2 Å². The Labute approximate surface area is 130 Å². The molecule has 21 heavy (non-hydrogen) atoms. The van der Waals surface area contributed by atoms with Crippen molar-refractivity contribution in [2.24, 2.45) is 11.8 Å². The Morgan fingerprint density at radius 2 is 1.95 bits per heavy atom. The van der Waals surface area contributed by atoms with Crippen molar-refractivity contribution < 1.29 is 4.74 Å². The summed E-state index contributed by atoms with van der Waals surface area (Å²) in [5.74, 6) is 2.50. The largest absolute Gasteiger partial charge is 0.496 e. The third kappa shape index (κ3) is 3.26. The number of hydrogen-bond donors (Lipinski definition) is 1. The molecule has 0 heterocycles. The van der Waals surface area contributed by atoms with Crippen LogP contribution in [0.25, 0.3) is 0 Å². The van der Waals surface area contributed by atoms with Crippen molar-refractivity contribution in [1.82, 2.24) is 5.32 Å². The molecule has 0 aromatic heterocycles. The predicted molar refractivity (Wildman–Crippen MR) is 90.1 cm³/mol. The highest BCUT2D eigenvalue weighted by atomic mass is 16.5. The standard InChI is InChI=1S/C19H31NO/c1-13-8-10-18(21-6)16(11-13)19(3,4)15-9-7-14(2)12-17(15)20-5/h8,10-11,14-15,17,20H,7,9,12H2,1-6H3. The van der Waals surface area contributed by atoms with Gasteiger partial charge in [-0.3, -0.25) is 0 Å². The lowest BCUT2D eigenvalue weighted by Gasteiger charge is -2.45. The third-order valence-electron chi connectivity index (χ3n) is 5.46. The van der Waals surface area contributed by atoms with Gasteiger partial charge in [0.15, 0.2) is 0 Å². The van der Waals surface area contributed by atoms with E-state index in [1.807, 2.05) is 0 Å². The summed E-state index contributed by atoms with van der Waals surface area (Å²) < 4.78 is 5.65. The topological polar surface area (TPSA) is 21.3 Å². The average Bonchev–Trinajstić information content (AvgIpc) is 2.46. The van der Waals surface area contributed by atoms with Crippen molar-refractivity contribution in [3.63, 3.8) is 0 Å². The molecule has 118 valence electrons. The normalized spacial score (nSPS) is 26.7. The van der Waals surface area contributed by atoms with Gasteiger partial charge in [-0.05, 0) is 50.1 Å². The maximum atomic E-state index is 5.65. The first-order chi connectivity index (χ1) is 9.90. The molecule has 0 spiro atoms. The zero-order valence-corrected chi connectivity index (χ0v) is 14.5. The SMILES string of the molecule is CNC1CC(C)CCC1C(C)(C)c1cc(C)ccc1OC. The summed E-state index contributed by atoms with van der Waals surface area (Å²) in [6.45, 7) is 9.31. The van der Waals surface area contributed by atoms with Crippen LogP contribution in [0.3, 0.4) is 0 Å². The van der Waals surface area contributed by atoms with Gasteiger partial charge in [0, 0.05) is 11.6 Å². The molecule has 1 aliphatic rings. The summed E-state index contributed by atoms with van der Waals surface area (Å²) >= 11 is 0. The molecule has 0 amide bonds. The highest BCUT2D eigenvalue weighted by Gasteiger charge is 2.40. The molecular formula is C19H31NO. The summed E-state index contributed by atoms with van der Waals surface area (Å²) in [6.07, 6.45) is 3.90. The first-order valence-corrected chi connectivity index (χ1v) is 8.22. The fraction of sp³-hybridized carbons (Fsp3) is 0.684. The second-order valence-corrected chi connectivity index (χ2v) is 7.35. The minimum absolute atomic E-state index is 0.116. The molecule has 1 N–H and O–H groups in total. The van der Waals surface area contributed by atoms with Gasteiger partial charge in [-0.25, -0.2) is 0 Å². The Morgan fingerprint density at radius 3 is 2.57 bits per heavy atom. The van der Waals surface area contributed by atoms with Gasteiger partial charge >= 0.3 is 0 Å². The van der Waals surface area contributed by atoms with Crippen molar-refractivity contribution in [3.8, 4) is 5.75 Å². The number of nitrogens with one attached hydrogen (secondary N) is 1. The van der Waals surface area contributed by atoms with Crippen LogP contribution < -0.4 is 10.1 Å². The van der Waals surface area contributed by atoms with Crippen molar-refractivity contribution in [1.29, 1.82) is 0 Å². The maximum Gasteiger partial charge on any atom is 0.122 e. The van der Waals surface area contributed by atoms with Gasteiger partial charge in [0.1, 0.15) is 5.75 Å². The van der Waals surface area contributed by atoms with Gasteiger partial charge in [0.05, 0.1) is 7.11 Å². The summed E-state index contributed by atoms with van der Waals surface area (Å²) in [6, 6.07) is 7.15. The monoisotopic (exact) mass is 289 g/mol. The zero-order chi connectivity index (χ0) is 15.6. The fourth-order valence-electron chi connectivity index (χ4n) is 4.09. The van der Waals surface area contributed by atoms with Crippen LogP contribution in [0.15, 0.2) is 18.2 Å². The second-order valence-electron chi connectivity index (χ2n) is 7.35. The molecule has 2 nitrogen and oxygen atoms in total. The first-order valence-electron chi connectivity index (χ1n) is 8.22. The summed E-state index contributed by atoms with van der Waals surface area (Å²) in [5.41, 5.74) is 2.78. The van der Waals surface area contributed by atoms with E-state index in [-0.39, 0.29) is 5.41 Å². The molecule has 3 atom stereocenters. The number of ether oxygens (including phenoxy) is 1. The lowest BCUT2D eigenvalue weighted by molar-refractivity contribution is 0.149. The number of methoxy groups -OCH3 is 1. The van der Waals surface area contributed by atoms with Gasteiger partial charge in [0.25, 0.3) is 0 Å². The van der Waals surface area contributed by atoms with Gasteiger partial charge in [-0.2, -0.15) is 0 Å². The van der Waals surface area contributed by atoms with Crippen molar-refractivity contribution in [3.05, 3.63) is 29.3 Å². The molecule has 0 bridgehead atoms. The van der Waals surface area contributed by atoms with E-state index in [2.05, 4.69) is 58.3 Å². The molecule has 2 heteroatoms. The van der Waals surface area contributed by atoms with Gasteiger partial charge in [-0.1, -0.05) is 44.9 Å². The Balaban J connectivity index is 2.38. The first kappa shape index (κ1) is 16.4. The molecule has 1 aliphatic carbocycles. The molecule has 1 saturated carbocycles. The van der Waals surface area contributed by atoms with Gasteiger partial charge in [-0.15, -0.1) is 0 Å². The smallest absolute Gasteiger partial charge is 0.122 e. The van der Waals surface area contributed by atoms with Crippen LogP contribution in [0.4, 0.5) is 0 Å². The minimum Gasteiger partial charge on any atom is -0.496 e. The molecule has 1 aromatic rings. The number of benzene rings is 1. The van der Waals surface area contributed by atoms with Crippen molar-refractivity contribution >= 4 is 0 Å². The van der Waals surface area contributed by atoms with E-state index in [1.165, 1.54) is 30.4 Å². The van der Waals surface area contributed by atoms with Crippen LogP contribution >= 0.6 is 0 Å². The quantitative estimate of drug-likeness (QED) is 0.892. The third-order valence-corrected chi connectivity index (χ3v) is 5.46.